The second kappa shape index (κ2) is 6.52. The second-order valence-electron chi connectivity index (χ2n) is 5.55. The van der Waals surface area contributed by atoms with E-state index >= 15 is 0 Å². The molecule has 1 unspecified atom stereocenters. The average Bonchev–Trinajstić information content (AvgIpc) is 2.53. The molecule has 3 rings (SSSR count). The molecule has 0 fully saturated rings. The quantitative estimate of drug-likeness (QED) is 0.857. The first-order chi connectivity index (χ1) is 10.3. The minimum atomic E-state index is 0.521. The van der Waals surface area contributed by atoms with Crippen molar-refractivity contribution >= 4 is 21.6 Å². The smallest absolute Gasteiger partial charge is 0.143 e. The summed E-state index contributed by atoms with van der Waals surface area (Å²) in [7, 11) is 1.73. The maximum atomic E-state index is 5.51. The normalized spacial score (nSPS) is 17.0. The summed E-state index contributed by atoms with van der Waals surface area (Å²) in [6, 6.07) is 15.4. The van der Waals surface area contributed by atoms with Crippen LogP contribution in [0.15, 0.2) is 46.9 Å². The number of fused-ring (bicyclic) bond motifs is 1. The number of halogens is 1. The number of methoxy groups -OCH3 is 1. The van der Waals surface area contributed by atoms with Crippen molar-refractivity contribution < 1.29 is 4.74 Å². The van der Waals surface area contributed by atoms with Crippen molar-refractivity contribution in [2.75, 3.05) is 12.4 Å². The predicted molar refractivity (Wildman–Crippen MR) is 91.2 cm³/mol. The largest absolute Gasteiger partial charge is 0.495 e. The third kappa shape index (κ3) is 3.41. The van der Waals surface area contributed by atoms with Gasteiger partial charge in [0.1, 0.15) is 5.75 Å². The Hall–Kier alpha value is -1.48. The monoisotopic (exact) mass is 345 g/mol. The Morgan fingerprint density at radius 1 is 1.24 bits per heavy atom. The first-order valence-electron chi connectivity index (χ1n) is 7.43. The molecule has 0 amide bonds. The molecular weight excluding hydrogens is 326 g/mol. The van der Waals surface area contributed by atoms with E-state index in [4.69, 9.17) is 4.74 Å². The predicted octanol–water partition coefficient (Wildman–Crippen LogP) is 4.82. The Balaban J connectivity index is 1.69. The minimum Gasteiger partial charge on any atom is -0.495 e. The van der Waals surface area contributed by atoms with Gasteiger partial charge in [-0.05, 0) is 48.9 Å². The molecule has 1 N–H and O–H groups in total. The Kier molecular flexibility index (Phi) is 4.49. The maximum Gasteiger partial charge on any atom is 0.143 e. The molecule has 0 bridgehead atoms. The van der Waals surface area contributed by atoms with Gasteiger partial charge in [0.15, 0.2) is 0 Å². The van der Waals surface area contributed by atoms with E-state index in [0.717, 1.165) is 29.5 Å². The van der Waals surface area contributed by atoms with Crippen LogP contribution in [0.2, 0.25) is 0 Å². The van der Waals surface area contributed by atoms with Crippen molar-refractivity contribution in [1.82, 2.24) is 0 Å². The van der Waals surface area contributed by atoms with Crippen LogP contribution in [0.5, 0.6) is 5.75 Å². The van der Waals surface area contributed by atoms with E-state index in [9.17, 15) is 0 Å². The number of ether oxygens (including phenoxy) is 1. The van der Waals surface area contributed by atoms with Gasteiger partial charge in [-0.25, -0.2) is 0 Å². The van der Waals surface area contributed by atoms with Gasteiger partial charge < -0.3 is 10.1 Å². The third-order valence-corrected chi connectivity index (χ3v) is 4.56. The summed E-state index contributed by atoms with van der Waals surface area (Å²) in [4.78, 5) is 0. The Labute approximate surface area is 134 Å². The lowest BCUT2D eigenvalue weighted by Crippen LogP contribution is -2.26. The average molecular weight is 346 g/mol. The molecule has 2 aromatic rings. The van der Waals surface area contributed by atoms with Gasteiger partial charge in [0.2, 0.25) is 0 Å². The molecule has 3 heteroatoms. The van der Waals surface area contributed by atoms with E-state index in [-0.39, 0.29) is 0 Å². The van der Waals surface area contributed by atoms with Crippen LogP contribution in [-0.2, 0) is 12.8 Å². The van der Waals surface area contributed by atoms with Crippen LogP contribution < -0.4 is 10.1 Å². The summed E-state index contributed by atoms with van der Waals surface area (Å²) in [5, 5.41) is 3.67. The zero-order chi connectivity index (χ0) is 14.7. The van der Waals surface area contributed by atoms with Crippen molar-refractivity contribution in [3.05, 3.63) is 58.1 Å². The van der Waals surface area contributed by atoms with E-state index in [1.807, 2.05) is 6.07 Å². The lowest BCUT2D eigenvalue weighted by molar-refractivity contribution is 0.413. The van der Waals surface area contributed by atoms with E-state index in [1.54, 1.807) is 7.11 Å². The number of rotatable bonds is 4. The fourth-order valence-corrected chi connectivity index (χ4v) is 3.45. The second-order valence-corrected chi connectivity index (χ2v) is 6.46. The highest BCUT2D eigenvalue weighted by Crippen LogP contribution is 2.37. The van der Waals surface area contributed by atoms with Gasteiger partial charge in [0.05, 0.1) is 12.8 Å². The van der Waals surface area contributed by atoms with Crippen molar-refractivity contribution in [3.63, 3.8) is 0 Å². The van der Waals surface area contributed by atoms with Crippen molar-refractivity contribution in [1.29, 1.82) is 0 Å². The van der Waals surface area contributed by atoms with Crippen LogP contribution in [0, 0.1) is 0 Å². The molecule has 1 aliphatic heterocycles. The van der Waals surface area contributed by atoms with E-state index in [0.29, 0.717) is 6.04 Å². The molecule has 1 aliphatic rings. The molecular formula is C18H20BrNO. The standard InChI is InChI=1S/C18H20BrNO/c1-21-17-12-15(19)11-14-8-10-16(20-18(14)17)9-7-13-5-3-2-4-6-13/h2-6,11-12,16,20H,7-10H2,1H3. The van der Waals surface area contributed by atoms with Crippen LogP contribution in [0.1, 0.15) is 24.0 Å². The van der Waals surface area contributed by atoms with Gasteiger partial charge >= 0.3 is 0 Å². The Morgan fingerprint density at radius 2 is 2.05 bits per heavy atom. The molecule has 1 heterocycles. The van der Waals surface area contributed by atoms with Gasteiger partial charge in [-0.1, -0.05) is 46.3 Å². The summed E-state index contributed by atoms with van der Waals surface area (Å²) in [6.07, 6.45) is 4.56. The van der Waals surface area contributed by atoms with Gasteiger partial charge in [-0.3, -0.25) is 0 Å². The van der Waals surface area contributed by atoms with E-state index < -0.39 is 0 Å². The number of benzene rings is 2. The zero-order valence-corrected chi connectivity index (χ0v) is 13.8. The summed E-state index contributed by atoms with van der Waals surface area (Å²) in [5.41, 5.74) is 3.93. The topological polar surface area (TPSA) is 21.3 Å². The molecule has 0 saturated carbocycles. The molecule has 21 heavy (non-hydrogen) atoms. The number of nitrogens with one attached hydrogen (secondary N) is 1. The van der Waals surface area contributed by atoms with Crippen LogP contribution in [0.3, 0.4) is 0 Å². The van der Waals surface area contributed by atoms with E-state index in [2.05, 4.69) is 57.6 Å². The van der Waals surface area contributed by atoms with E-state index in [1.165, 1.54) is 23.2 Å². The lowest BCUT2D eigenvalue weighted by atomic mass is 9.93. The van der Waals surface area contributed by atoms with Crippen LogP contribution in [0.25, 0.3) is 0 Å². The molecule has 0 spiro atoms. The summed E-state index contributed by atoms with van der Waals surface area (Å²) >= 11 is 3.55. The summed E-state index contributed by atoms with van der Waals surface area (Å²) < 4.78 is 6.60. The maximum absolute atomic E-state index is 5.51. The van der Waals surface area contributed by atoms with Crippen molar-refractivity contribution in [2.45, 2.75) is 31.7 Å². The minimum absolute atomic E-state index is 0.521. The highest BCUT2D eigenvalue weighted by molar-refractivity contribution is 9.10. The fraction of sp³-hybridized carbons (Fsp3) is 0.333. The molecule has 2 aromatic carbocycles. The highest BCUT2D eigenvalue weighted by Gasteiger charge is 2.21. The number of aryl methyl sites for hydroxylation is 2. The number of hydrogen-bond donors (Lipinski definition) is 1. The lowest BCUT2D eigenvalue weighted by Gasteiger charge is -2.28. The van der Waals surface area contributed by atoms with Crippen LogP contribution in [-0.4, -0.2) is 13.2 Å². The molecule has 0 radical (unpaired) electrons. The molecule has 0 aliphatic carbocycles. The van der Waals surface area contributed by atoms with Crippen LogP contribution in [0.4, 0.5) is 5.69 Å². The van der Waals surface area contributed by atoms with Gasteiger partial charge in [0.25, 0.3) is 0 Å². The highest BCUT2D eigenvalue weighted by atomic mass is 79.9. The Morgan fingerprint density at radius 3 is 2.81 bits per heavy atom. The molecule has 110 valence electrons. The Bertz CT molecular complexity index is 595. The zero-order valence-electron chi connectivity index (χ0n) is 12.2. The van der Waals surface area contributed by atoms with Crippen LogP contribution >= 0.6 is 15.9 Å². The first kappa shape index (κ1) is 14.5. The fourth-order valence-electron chi connectivity index (χ4n) is 2.97. The molecule has 0 saturated heterocycles. The first-order valence-corrected chi connectivity index (χ1v) is 8.22. The van der Waals surface area contributed by atoms with Gasteiger partial charge in [-0.2, -0.15) is 0 Å². The molecule has 0 aromatic heterocycles. The molecule has 2 nitrogen and oxygen atoms in total. The molecule has 1 atom stereocenters. The van der Waals surface area contributed by atoms with Gasteiger partial charge in [-0.15, -0.1) is 0 Å². The van der Waals surface area contributed by atoms with Gasteiger partial charge in [0, 0.05) is 10.5 Å². The number of hydrogen-bond acceptors (Lipinski definition) is 2. The third-order valence-electron chi connectivity index (χ3n) is 4.10. The van der Waals surface area contributed by atoms with Crippen molar-refractivity contribution in [3.8, 4) is 5.75 Å². The summed E-state index contributed by atoms with van der Waals surface area (Å²) in [6.45, 7) is 0. The van der Waals surface area contributed by atoms with Crippen molar-refractivity contribution in [2.24, 2.45) is 0 Å². The number of anilines is 1. The summed E-state index contributed by atoms with van der Waals surface area (Å²) in [5.74, 6) is 0.934. The SMILES string of the molecule is COc1cc(Br)cc2c1NC(CCc1ccccc1)CC2.